The van der Waals surface area contributed by atoms with Crippen LogP contribution in [-0.2, 0) is 0 Å². The summed E-state index contributed by atoms with van der Waals surface area (Å²) in [5.74, 6) is 2.30. The second kappa shape index (κ2) is 8.60. The molecule has 8 heteroatoms. The van der Waals surface area contributed by atoms with Crippen LogP contribution in [0.2, 0.25) is 0 Å². The highest BCUT2D eigenvalue weighted by Crippen LogP contribution is 2.63. The second-order valence-corrected chi connectivity index (χ2v) is 8.95. The van der Waals surface area contributed by atoms with Gasteiger partial charge in [-0.3, -0.25) is 0 Å². The van der Waals surface area contributed by atoms with Crippen LogP contribution in [0.3, 0.4) is 0 Å². The van der Waals surface area contributed by atoms with Gasteiger partial charge in [-0.25, -0.2) is 0 Å². The molecule has 1 fully saturated rings. The summed E-state index contributed by atoms with van der Waals surface area (Å²) >= 11 is 0. The normalized spacial score (nSPS) is 21.4. The second-order valence-electron chi connectivity index (χ2n) is 8.95. The third kappa shape index (κ3) is 4.00. The largest absolute Gasteiger partial charge is 0.490 e. The lowest BCUT2D eigenvalue weighted by molar-refractivity contribution is 0.0913. The SMILES string of the molecule is CC(C)Oc1ccc(-c2nc(-c3cccc4c3C3CC3C4NCC(O)CO)no2)cc1C#N. The van der Waals surface area contributed by atoms with Gasteiger partial charge in [0.2, 0.25) is 5.82 Å². The first kappa shape index (κ1) is 21.6. The molecule has 4 unspecified atom stereocenters. The van der Waals surface area contributed by atoms with Gasteiger partial charge in [-0.15, -0.1) is 0 Å². The van der Waals surface area contributed by atoms with Gasteiger partial charge < -0.3 is 24.8 Å². The first-order valence-corrected chi connectivity index (χ1v) is 11.2. The minimum Gasteiger partial charge on any atom is -0.490 e. The number of hydrogen-bond donors (Lipinski definition) is 3. The summed E-state index contributed by atoms with van der Waals surface area (Å²) in [6, 6.07) is 13.7. The van der Waals surface area contributed by atoms with E-state index >= 15 is 0 Å². The Labute approximate surface area is 191 Å². The summed E-state index contributed by atoms with van der Waals surface area (Å²) in [4.78, 5) is 4.64. The van der Waals surface area contributed by atoms with E-state index in [2.05, 4.69) is 27.6 Å². The van der Waals surface area contributed by atoms with Gasteiger partial charge in [-0.2, -0.15) is 10.2 Å². The predicted octanol–water partition coefficient (Wildman–Crippen LogP) is 3.16. The van der Waals surface area contributed by atoms with Crippen LogP contribution < -0.4 is 10.1 Å². The molecule has 0 aliphatic heterocycles. The fourth-order valence-electron chi connectivity index (χ4n) is 4.75. The Balaban J connectivity index is 1.43. The minimum atomic E-state index is -0.773. The zero-order valence-electron chi connectivity index (χ0n) is 18.5. The van der Waals surface area contributed by atoms with Gasteiger partial charge in [0, 0.05) is 23.7 Å². The molecule has 5 rings (SSSR count). The van der Waals surface area contributed by atoms with Crippen LogP contribution in [0, 0.1) is 17.2 Å². The third-order valence-electron chi connectivity index (χ3n) is 6.27. The molecule has 170 valence electrons. The molecule has 1 aromatic heterocycles. The monoisotopic (exact) mass is 446 g/mol. The number of fused-ring (bicyclic) bond motifs is 3. The Morgan fingerprint density at radius 2 is 2.15 bits per heavy atom. The van der Waals surface area contributed by atoms with Crippen LogP contribution >= 0.6 is 0 Å². The number of aromatic nitrogens is 2. The maximum atomic E-state index is 9.73. The Kier molecular flexibility index (Phi) is 5.62. The van der Waals surface area contributed by atoms with Crippen molar-refractivity contribution < 1.29 is 19.5 Å². The van der Waals surface area contributed by atoms with Gasteiger partial charge in [0.15, 0.2) is 0 Å². The fourth-order valence-corrected chi connectivity index (χ4v) is 4.75. The standard InChI is InChI=1S/C25H26N4O4/c1-13(2)32-21-7-6-14(8-15(21)10-26)25-28-24(29-33-25)18-5-3-4-17-22(18)19-9-20(19)23(17)27-11-16(31)12-30/h3-8,13,16,19-20,23,27,30-31H,9,11-12H2,1-2H3. The van der Waals surface area contributed by atoms with Crippen LogP contribution in [0.5, 0.6) is 5.75 Å². The van der Waals surface area contributed by atoms with Gasteiger partial charge in [0.05, 0.1) is 24.4 Å². The van der Waals surface area contributed by atoms with Crippen molar-refractivity contribution in [3.8, 4) is 34.7 Å². The molecule has 0 radical (unpaired) electrons. The number of aliphatic hydroxyl groups is 2. The summed E-state index contributed by atoms with van der Waals surface area (Å²) < 4.78 is 11.3. The van der Waals surface area contributed by atoms with Crippen LogP contribution in [0.1, 0.15) is 48.9 Å². The van der Waals surface area contributed by atoms with E-state index in [1.807, 2.05) is 32.0 Å². The molecule has 33 heavy (non-hydrogen) atoms. The zero-order chi connectivity index (χ0) is 23.1. The molecular weight excluding hydrogens is 420 g/mol. The van der Waals surface area contributed by atoms with E-state index in [1.165, 1.54) is 11.1 Å². The van der Waals surface area contributed by atoms with Gasteiger partial charge in [0.25, 0.3) is 5.89 Å². The predicted molar refractivity (Wildman–Crippen MR) is 120 cm³/mol. The highest BCUT2D eigenvalue weighted by atomic mass is 16.5. The molecule has 0 saturated heterocycles. The van der Waals surface area contributed by atoms with Crippen molar-refractivity contribution in [1.82, 2.24) is 15.5 Å². The number of nitrogens with one attached hydrogen (secondary N) is 1. The summed E-state index contributed by atoms with van der Waals surface area (Å²) in [6.45, 7) is 3.91. The lowest BCUT2D eigenvalue weighted by atomic mass is 9.97. The summed E-state index contributed by atoms with van der Waals surface area (Å²) in [5, 5.41) is 36.0. The van der Waals surface area contributed by atoms with Gasteiger partial charge in [0.1, 0.15) is 11.8 Å². The van der Waals surface area contributed by atoms with Crippen molar-refractivity contribution in [2.24, 2.45) is 5.92 Å². The number of benzene rings is 2. The molecule has 2 aliphatic rings. The summed E-state index contributed by atoms with van der Waals surface area (Å²) in [5.41, 5.74) is 4.44. The van der Waals surface area contributed by atoms with Crippen LogP contribution in [0.4, 0.5) is 0 Å². The zero-order valence-corrected chi connectivity index (χ0v) is 18.5. The van der Waals surface area contributed by atoms with Gasteiger partial charge in [-0.05, 0) is 61.4 Å². The summed E-state index contributed by atoms with van der Waals surface area (Å²) in [7, 11) is 0. The molecular formula is C25H26N4O4. The first-order valence-electron chi connectivity index (χ1n) is 11.2. The number of nitrogens with zero attached hydrogens (tertiary/aromatic N) is 3. The molecule has 1 heterocycles. The van der Waals surface area contributed by atoms with E-state index in [9.17, 15) is 10.4 Å². The van der Waals surface area contributed by atoms with Crippen LogP contribution in [0.25, 0.3) is 22.8 Å². The Hall–Kier alpha value is -3.25. The minimum absolute atomic E-state index is 0.0328. The van der Waals surface area contributed by atoms with Gasteiger partial charge in [-0.1, -0.05) is 23.4 Å². The maximum Gasteiger partial charge on any atom is 0.258 e. The molecule has 0 bridgehead atoms. The van der Waals surface area contributed by atoms with Crippen LogP contribution in [0.15, 0.2) is 40.9 Å². The van der Waals surface area contributed by atoms with Crippen molar-refractivity contribution in [2.45, 2.75) is 44.4 Å². The van der Waals surface area contributed by atoms with Crippen LogP contribution in [-0.4, -0.2) is 45.7 Å². The average Bonchev–Trinajstić information content (AvgIpc) is 3.31. The molecule has 0 amide bonds. The number of rotatable bonds is 8. The van der Waals surface area contributed by atoms with E-state index in [0.29, 0.717) is 47.0 Å². The molecule has 1 saturated carbocycles. The lowest BCUT2D eigenvalue weighted by Crippen LogP contribution is -2.32. The lowest BCUT2D eigenvalue weighted by Gasteiger charge is -2.19. The Morgan fingerprint density at radius 1 is 1.30 bits per heavy atom. The topological polar surface area (TPSA) is 124 Å². The van der Waals surface area contributed by atoms with Gasteiger partial charge >= 0.3 is 0 Å². The first-order chi connectivity index (χ1) is 16.0. The van der Waals surface area contributed by atoms with E-state index in [-0.39, 0.29) is 18.8 Å². The van der Waals surface area contributed by atoms with Crippen molar-refractivity contribution >= 4 is 0 Å². The van der Waals surface area contributed by atoms with Crippen molar-refractivity contribution in [3.63, 3.8) is 0 Å². The highest BCUT2D eigenvalue weighted by Gasteiger charge is 2.53. The van der Waals surface area contributed by atoms with Crippen molar-refractivity contribution in [1.29, 1.82) is 5.26 Å². The fraction of sp³-hybridized carbons (Fsp3) is 0.400. The quantitative estimate of drug-likeness (QED) is 0.482. The Morgan fingerprint density at radius 3 is 2.91 bits per heavy atom. The molecule has 8 nitrogen and oxygen atoms in total. The molecule has 3 aromatic rings. The molecule has 0 spiro atoms. The summed E-state index contributed by atoms with van der Waals surface area (Å²) in [6.07, 6.45) is 0.268. The molecule has 2 aliphatic carbocycles. The molecule has 4 atom stereocenters. The average molecular weight is 447 g/mol. The van der Waals surface area contributed by atoms with Crippen molar-refractivity contribution in [3.05, 3.63) is 53.1 Å². The third-order valence-corrected chi connectivity index (χ3v) is 6.27. The van der Waals surface area contributed by atoms with E-state index in [1.54, 1.807) is 12.1 Å². The van der Waals surface area contributed by atoms with E-state index in [4.69, 9.17) is 14.4 Å². The number of ether oxygens (including phenoxy) is 1. The van der Waals surface area contributed by atoms with Crippen molar-refractivity contribution in [2.75, 3.05) is 13.2 Å². The maximum absolute atomic E-state index is 9.73. The van der Waals surface area contributed by atoms with E-state index < -0.39 is 6.10 Å². The number of hydrogen-bond acceptors (Lipinski definition) is 8. The number of nitriles is 1. The Bertz CT molecular complexity index is 1220. The highest BCUT2D eigenvalue weighted by molar-refractivity contribution is 5.69. The number of aliphatic hydroxyl groups excluding tert-OH is 2. The molecule has 2 aromatic carbocycles. The smallest absolute Gasteiger partial charge is 0.258 e. The molecule has 3 N–H and O–H groups in total. The van der Waals surface area contributed by atoms with E-state index in [0.717, 1.165) is 12.0 Å².